The predicted octanol–water partition coefficient (Wildman–Crippen LogP) is 3.99. The highest BCUT2D eigenvalue weighted by atomic mass is 35.5. The molecule has 2 aromatic rings. The first-order valence-corrected chi connectivity index (χ1v) is 8.81. The first kappa shape index (κ1) is 18.2. The van der Waals surface area contributed by atoms with Crippen LogP contribution in [0.25, 0.3) is 10.2 Å². The number of carbonyl (C=O) groups excluding carboxylic acids is 1. The summed E-state index contributed by atoms with van der Waals surface area (Å²) in [6, 6.07) is 6.16. The van der Waals surface area contributed by atoms with Crippen molar-refractivity contribution in [2.75, 3.05) is 18.4 Å². The molecule has 1 aromatic heterocycles. The van der Waals surface area contributed by atoms with Gasteiger partial charge in [-0.2, -0.15) is 0 Å². The quantitative estimate of drug-likeness (QED) is 0.873. The minimum absolute atomic E-state index is 0. The Morgan fingerprint density at radius 2 is 2.35 bits per heavy atom. The number of aryl methyl sites for hydroxylation is 1. The molecule has 0 aliphatic carbocycles. The van der Waals surface area contributed by atoms with Crippen LogP contribution in [-0.4, -0.2) is 24.0 Å². The van der Waals surface area contributed by atoms with E-state index in [9.17, 15) is 4.79 Å². The average Bonchev–Trinajstić information content (AvgIpc) is 2.89. The normalized spacial score (nSPS) is 19.1. The molecule has 0 bridgehead atoms. The van der Waals surface area contributed by atoms with E-state index in [1.165, 1.54) is 18.4 Å². The number of thiazole rings is 1. The summed E-state index contributed by atoms with van der Waals surface area (Å²) in [7, 11) is 0. The zero-order valence-corrected chi connectivity index (χ0v) is 15.2. The highest BCUT2D eigenvalue weighted by molar-refractivity contribution is 7.22. The highest BCUT2D eigenvalue weighted by Gasteiger charge is 2.22. The Hall–Kier alpha value is -1.17. The van der Waals surface area contributed by atoms with Gasteiger partial charge in [0.15, 0.2) is 5.13 Å². The number of anilines is 1. The van der Waals surface area contributed by atoms with E-state index in [1.54, 1.807) is 11.3 Å². The second-order valence-corrected chi connectivity index (χ2v) is 7.36. The molecule has 3 rings (SSSR count). The molecule has 0 radical (unpaired) electrons. The second-order valence-electron chi connectivity index (χ2n) is 6.33. The Bertz CT molecular complexity index is 667. The highest BCUT2D eigenvalue weighted by Crippen LogP contribution is 2.28. The van der Waals surface area contributed by atoms with Gasteiger partial charge < -0.3 is 10.6 Å². The van der Waals surface area contributed by atoms with Crippen molar-refractivity contribution >= 4 is 45.0 Å². The number of carbonyl (C=O) groups is 1. The summed E-state index contributed by atoms with van der Waals surface area (Å²) in [4.78, 5) is 16.7. The Labute approximate surface area is 147 Å². The second kappa shape index (κ2) is 8.08. The van der Waals surface area contributed by atoms with Crippen LogP contribution in [0.5, 0.6) is 0 Å². The molecule has 4 nitrogen and oxygen atoms in total. The number of fused-ring (bicyclic) bond motifs is 1. The molecule has 0 spiro atoms. The van der Waals surface area contributed by atoms with Crippen LogP contribution in [0.3, 0.4) is 0 Å². The number of hydrogen-bond acceptors (Lipinski definition) is 4. The number of aromatic nitrogens is 1. The van der Waals surface area contributed by atoms with Crippen LogP contribution in [0.15, 0.2) is 18.2 Å². The standard InChI is InChI=1S/C17H23N3OS.ClH/c1-11-5-6-14-15(8-11)22-17(19-14)20-16(21)9-12(2)13-4-3-7-18-10-13;/h5-6,8,12-13,18H,3-4,7,9-10H2,1-2H3,(H,19,20,21);1H. The first-order chi connectivity index (χ1) is 10.6. The van der Waals surface area contributed by atoms with Gasteiger partial charge in [-0.25, -0.2) is 4.98 Å². The van der Waals surface area contributed by atoms with Crippen molar-refractivity contribution in [3.05, 3.63) is 23.8 Å². The van der Waals surface area contributed by atoms with Crippen LogP contribution in [-0.2, 0) is 4.79 Å². The third-order valence-corrected chi connectivity index (χ3v) is 5.37. The Morgan fingerprint density at radius 1 is 1.52 bits per heavy atom. The minimum atomic E-state index is 0. The Morgan fingerprint density at radius 3 is 3.09 bits per heavy atom. The number of piperidine rings is 1. The lowest BCUT2D eigenvalue weighted by Gasteiger charge is -2.27. The summed E-state index contributed by atoms with van der Waals surface area (Å²) in [6.45, 7) is 6.39. The molecule has 6 heteroatoms. The molecule has 1 aliphatic rings. The Kier molecular flexibility index (Phi) is 6.39. The largest absolute Gasteiger partial charge is 0.316 e. The maximum absolute atomic E-state index is 12.2. The molecule has 1 amide bonds. The van der Waals surface area contributed by atoms with Crippen molar-refractivity contribution in [1.82, 2.24) is 10.3 Å². The molecule has 2 unspecified atom stereocenters. The number of nitrogens with zero attached hydrogens (tertiary/aromatic N) is 1. The molecule has 0 saturated carbocycles. The molecule has 1 aliphatic heterocycles. The van der Waals surface area contributed by atoms with Gasteiger partial charge in [0, 0.05) is 6.42 Å². The van der Waals surface area contributed by atoms with E-state index in [4.69, 9.17) is 0 Å². The summed E-state index contributed by atoms with van der Waals surface area (Å²) >= 11 is 1.55. The monoisotopic (exact) mass is 353 g/mol. The van der Waals surface area contributed by atoms with Crippen LogP contribution >= 0.6 is 23.7 Å². The lowest BCUT2D eigenvalue weighted by Crippen LogP contribution is -2.34. The smallest absolute Gasteiger partial charge is 0.226 e. The van der Waals surface area contributed by atoms with Crippen molar-refractivity contribution in [2.45, 2.75) is 33.1 Å². The van der Waals surface area contributed by atoms with Gasteiger partial charge in [-0.1, -0.05) is 24.3 Å². The first-order valence-electron chi connectivity index (χ1n) is 7.99. The van der Waals surface area contributed by atoms with E-state index in [0.29, 0.717) is 23.4 Å². The molecular weight excluding hydrogens is 330 g/mol. The molecule has 126 valence electrons. The fraction of sp³-hybridized carbons (Fsp3) is 0.529. The van der Waals surface area contributed by atoms with Crippen LogP contribution in [0.4, 0.5) is 5.13 Å². The van der Waals surface area contributed by atoms with Crippen molar-refractivity contribution < 1.29 is 4.79 Å². The third kappa shape index (κ3) is 4.66. The molecule has 2 heterocycles. The van der Waals surface area contributed by atoms with Crippen molar-refractivity contribution in [1.29, 1.82) is 0 Å². The van der Waals surface area contributed by atoms with E-state index in [1.807, 2.05) is 12.1 Å². The fourth-order valence-corrected chi connectivity index (χ4v) is 4.06. The molecule has 1 saturated heterocycles. The van der Waals surface area contributed by atoms with Crippen LogP contribution < -0.4 is 10.6 Å². The lowest BCUT2D eigenvalue weighted by molar-refractivity contribution is -0.117. The van der Waals surface area contributed by atoms with Gasteiger partial charge in [-0.15, -0.1) is 12.4 Å². The number of rotatable bonds is 4. The van der Waals surface area contributed by atoms with Gasteiger partial charge in [0.05, 0.1) is 10.2 Å². The zero-order chi connectivity index (χ0) is 15.5. The number of hydrogen-bond donors (Lipinski definition) is 2. The van der Waals surface area contributed by atoms with Gasteiger partial charge in [0.1, 0.15) is 0 Å². The maximum atomic E-state index is 12.2. The fourth-order valence-electron chi connectivity index (χ4n) is 3.08. The van der Waals surface area contributed by atoms with E-state index in [2.05, 4.69) is 35.5 Å². The van der Waals surface area contributed by atoms with Crippen LogP contribution in [0.2, 0.25) is 0 Å². The number of amides is 1. The van der Waals surface area contributed by atoms with Gasteiger partial charge in [0.2, 0.25) is 5.91 Å². The molecule has 23 heavy (non-hydrogen) atoms. The molecule has 1 aromatic carbocycles. The SMILES string of the molecule is Cc1ccc2nc(NC(=O)CC(C)C3CCCNC3)sc2c1.Cl. The number of nitrogens with one attached hydrogen (secondary N) is 2. The molecule has 1 fully saturated rings. The number of benzene rings is 1. The van der Waals surface area contributed by atoms with Crippen LogP contribution in [0, 0.1) is 18.8 Å². The average molecular weight is 354 g/mol. The van der Waals surface area contributed by atoms with E-state index >= 15 is 0 Å². The van der Waals surface area contributed by atoms with Gasteiger partial charge >= 0.3 is 0 Å². The summed E-state index contributed by atoms with van der Waals surface area (Å²) in [5.74, 6) is 1.09. The molecular formula is C17H24ClN3OS. The number of halogens is 1. The van der Waals surface area contributed by atoms with Crippen molar-refractivity contribution in [2.24, 2.45) is 11.8 Å². The summed E-state index contributed by atoms with van der Waals surface area (Å²) < 4.78 is 1.12. The Balaban J connectivity index is 0.00000192. The van der Waals surface area contributed by atoms with Crippen molar-refractivity contribution in [3.63, 3.8) is 0 Å². The minimum Gasteiger partial charge on any atom is -0.316 e. The summed E-state index contributed by atoms with van der Waals surface area (Å²) in [6.07, 6.45) is 3.01. The topological polar surface area (TPSA) is 54.0 Å². The predicted molar refractivity (Wildman–Crippen MR) is 99.6 cm³/mol. The third-order valence-electron chi connectivity index (χ3n) is 4.44. The lowest BCUT2D eigenvalue weighted by atomic mass is 9.85. The van der Waals surface area contributed by atoms with Crippen molar-refractivity contribution in [3.8, 4) is 0 Å². The van der Waals surface area contributed by atoms with Gasteiger partial charge in [-0.05, 0) is 62.4 Å². The van der Waals surface area contributed by atoms with E-state index in [0.717, 1.165) is 23.3 Å². The van der Waals surface area contributed by atoms with E-state index in [-0.39, 0.29) is 18.3 Å². The molecule has 2 N–H and O–H groups in total. The summed E-state index contributed by atoms with van der Waals surface area (Å²) in [5, 5.41) is 7.10. The zero-order valence-electron chi connectivity index (χ0n) is 13.6. The maximum Gasteiger partial charge on any atom is 0.226 e. The summed E-state index contributed by atoms with van der Waals surface area (Å²) in [5.41, 5.74) is 2.17. The van der Waals surface area contributed by atoms with Gasteiger partial charge in [0.25, 0.3) is 0 Å². The molecule has 2 atom stereocenters. The van der Waals surface area contributed by atoms with Crippen LogP contribution in [0.1, 0.15) is 31.7 Å². The van der Waals surface area contributed by atoms with E-state index < -0.39 is 0 Å². The van der Waals surface area contributed by atoms with Gasteiger partial charge in [-0.3, -0.25) is 4.79 Å².